The van der Waals surface area contributed by atoms with Gasteiger partial charge >= 0.3 is 0 Å². The molecule has 5 aromatic rings. The summed E-state index contributed by atoms with van der Waals surface area (Å²) in [5.41, 5.74) is 4.94. The Kier molecular flexibility index (Phi) is 6.50. The fraction of sp³-hybridized carbons (Fsp3) is 0.242. The molecule has 5 heteroatoms. The summed E-state index contributed by atoms with van der Waals surface area (Å²) in [5, 5.41) is 1.91. The highest BCUT2D eigenvalue weighted by Gasteiger charge is 2.27. The Morgan fingerprint density at radius 1 is 0.974 bits per heavy atom. The summed E-state index contributed by atoms with van der Waals surface area (Å²) in [6.45, 7) is 2.81. The van der Waals surface area contributed by atoms with Crippen LogP contribution in [0.2, 0.25) is 0 Å². The highest BCUT2D eigenvalue weighted by Crippen LogP contribution is 2.37. The SMILES string of the molecule is Cc1ccnc2nc3c(OC(c4ccccc4)c4ccccc4)c(C(=O)N(C)CC4CCC4)ccc3cc12. The van der Waals surface area contributed by atoms with E-state index in [4.69, 9.17) is 9.72 Å². The molecule has 2 aromatic heterocycles. The smallest absolute Gasteiger partial charge is 0.257 e. The Morgan fingerprint density at radius 2 is 1.66 bits per heavy atom. The van der Waals surface area contributed by atoms with E-state index < -0.39 is 6.10 Å². The van der Waals surface area contributed by atoms with E-state index in [9.17, 15) is 4.79 Å². The minimum absolute atomic E-state index is 0.0484. The van der Waals surface area contributed by atoms with Gasteiger partial charge in [-0.1, -0.05) is 73.2 Å². The molecule has 190 valence electrons. The maximum atomic E-state index is 13.9. The first-order chi connectivity index (χ1) is 18.6. The Hall–Kier alpha value is -4.25. The lowest BCUT2D eigenvalue weighted by atomic mass is 9.85. The van der Waals surface area contributed by atoms with Crippen molar-refractivity contribution in [1.82, 2.24) is 14.9 Å². The molecule has 1 saturated carbocycles. The van der Waals surface area contributed by atoms with Gasteiger partial charge in [-0.05, 0) is 60.6 Å². The predicted octanol–water partition coefficient (Wildman–Crippen LogP) is 7.13. The molecule has 0 saturated heterocycles. The lowest BCUT2D eigenvalue weighted by molar-refractivity contribution is 0.0739. The predicted molar refractivity (Wildman–Crippen MR) is 151 cm³/mol. The number of nitrogens with zero attached hydrogens (tertiary/aromatic N) is 3. The van der Waals surface area contributed by atoms with Crippen LogP contribution in [0.25, 0.3) is 21.9 Å². The van der Waals surface area contributed by atoms with Gasteiger partial charge in [-0.15, -0.1) is 0 Å². The van der Waals surface area contributed by atoms with Gasteiger partial charge in [-0.3, -0.25) is 4.79 Å². The van der Waals surface area contributed by atoms with Crippen molar-refractivity contribution in [1.29, 1.82) is 0 Å². The van der Waals surface area contributed by atoms with Gasteiger partial charge in [0.05, 0.1) is 5.56 Å². The third-order valence-electron chi connectivity index (χ3n) is 7.64. The second kappa shape index (κ2) is 10.3. The first kappa shape index (κ1) is 24.1. The highest BCUT2D eigenvalue weighted by molar-refractivity contribution is 6.04. The van der Waals surface area contributed by atoms with Gasteiger partial charge in [0.2, 0.25) is 0 Å². The first-order valence-corrected chi connectivity index (χ1v) is 13.3. The van der Waals surface area contributed by atoms with Crippen LogP contribution < -0.4 is 4.74 Å². The van der Waals surface area contributed by atoms with Gasteiger partial charge in [-0.25, -0.2) is 9.97 Å². The van der Waals surface area contributed by atoms with E-state index >= 15 is 0 Å². The minimum Gasteiger partial charge on any atom is -0.478 e. The van der Waals surface area contributed by atoms with E-state index in [0.29, 0.717) is 28.4 Å². The summed E-state index contributed by atoms with van der Waals surface area (Å²) in [6.07, 6.45) is 4.98. The number of hydrogen-bond acceptors (Lipinski definition) is 4. The van der Waals surface area contributed by atoms with Crippen LogP contribution in [0.15, 0.2) is 91.1 Å². The van der Waals surface area contributed by atoms with E-state index in [1.807, 2.05) is 66.5 Å². The monoisotopic (exact) mass is 501 g/mol. The van der Waals surface area contributed by atoms with Crippen LogP contribution in [0.4, 0.5) is 0 Å². The molecule has 0 radical (unpaired) electrons. The maximum absolute atomic E-state index is 13.9. The van der Waals surface area contributed by atoms with E-state index in [0.717, 1.165) is 34.0 Å². The number of hydrogen-bond donors (Lipinski definition) is 0. The van der Waals surface area contributed by atoms with Gasteiger partial charge in [-0.2, -0.15) is 0 Å². The number of aromatic nitrogens is 2. The van der Waals surface area contributed by atoms with Gasteiger partial charge < -0.3 is 9.64 Å². The lowest BCUT2D eigenvalue weighted by Gasteiger charge is -2.31. The van der Waals surface area contributed by atoms with Crippen LogP contribution in [-0.2, 0) is 0 Å². The fourth-order valence-electron chi connectivity index (χ4n) is 5.24. The second-order valence-electron chi connectivity index (χ2n) is 10.3. The molecular formula is C33H31N3O2. The molecule has 3 aromatic carbocycles. The second-order valence-corrected chi connectivity index (χ2v) is 10.3. The fourth-order valence-corrected chi connectivity index (χ4v) is 5.24. The van der Waals surface area contributed by atoms with Crippen molar-refractivity contribution < 1.29 is 9.53 Å². The molecule has 0 atom stereocenters. The molecule has 38 heavy (non-hydrogen) atoms. The number of carbonyl (C=O) groups is 1. The van der Waals surface area contributed by atoms with Crippen LogP contribution in [0, 0.1) is 12.8 Å². The quantitative estimate of drug-likeness (QED) is 0.223. The third-order valence-corrected chi connectivity index (χ3v) is 7.64. The van der Waals surface area contributed by atoms with Gasteiger partial charge in [0.1, 0.15) is 11.6 Å². The van der Waals surface area contributed by atoms with Gasteiger partial charge in [0, 0.05) is 30.6 Å². The first-order valence-electron chi connectivity index (χ1n) is 13.3. The molecule has 6 rings (SSSR count). The Labute approximate surface area is 223 Å². The molecule has 0 aliphatic heterocycles. The zero-order valence-corrected chi connectivity index (χ0v) is 21.8. The molecule has 0 N–H and O–H groups in total. The molecule has 1 fully saturated rings. The molecule has 0 unspecified atom stereocenters. The number of fused-ring (bicyclic) bond motifs is 2. The lowest BCUT2D eigenvalue weighted by Crippen LogP contribution is -2.34. The third kappa shape index (κ3) is 4.60. The molecular weight excluding hydrogens is 470 g/mol. The zero-order valence-electron chi connectivity index (χ0n) is 21.8. The molecule has 1 aliphatic rings. The summed E-state index contributed by atoms with van der Waals surface area (Å²) in [4.78, 5) is 25.2. The number of amides is 1. The van der Waals surface area contributed by atoms with Crippen molar-refractivity contribution in [3.8, 4) is 5.75 Å². The van der Waals surface area contributed by atoms with Gasteiger partial charge in [0.15, 0.2) is 11.4 Å². The highest BCUT2D eigenvalue weighted by atomic mass is 16.5. The molecule has 2 heterocycles. The summed E-state index contributed by atoms with van der Waals surface area (Å²) in [7, 11) is 1.89. The van der Waals surface area contributed by atoms with Crippen LogP contribution in [0.3, 0.4) is 0 Å². The number of aryl methyl sites for hydroxylation is 1. The van der Waals surface area contributed by atoms with Crippen molar-refractivity contribution in [2.24, 2.45) is 5.92 Å². The van der Waals surface area contributed by atoms with Crippen molar-refractivity contribution in [3.05, 3.63) is 113 Å². The largest absolute Gasteiger partial charge is 0.478 e. The Morgan fingerprint density at radius 3 is 2.29 bits per heavy atom. The number of carbonyl (C=O) groups excluding carboxylic acids is 1. The summed E-state index contributed by atoms with van der Waals surface area (Å²) in [6, 6.07) is 28.2. The normalized spacial score (nSPS) is 13.6. The number of rotatable bonds is 7. The maximum Gasteiger partial charge on any atom is 0.257 e. The number of pyridine rings is 2. The average Bonchev–Trinajstić information content (AvgIpc) is 2.93. The summed E-state index contributed by atoms with van der Waals surface area (Å²) >= 11 is 0. The summed E-state index contributed by atoms with van der Waals surface area (Å²) < 4.78 is 6.89. The van der Waals surface area contributed by atoms with E-state index in [1.54, 1.807) is 6.20 Å². The summed E-state index contributed by atoms with van der Waals surface area (Å²) in [5.74, 6) is 1.02. The van der Waals surface area contributed by atoms with Crippen LogP contribution in [0.1, 0.15) is 52.4 Å². The van der Waals surface area contributed by atoms with Crippen molar-refractivity contribution in [2.45, 2.75) is 32.3 Å². The number of benzene rings is 3. The molecule has 0 bridgehead atoms. The Balaban J connectivity index is 1.52. The standard InChI is InChI=1S/C33H31N3O2/c1-22-18-19-34-32-28(22)20-26-16-17-27(33(37)36(2)21-23-10-9-11-23)31(29(26)35-32)38-30(24-12-5-3-6-13-24)25-14-7-4-8-15-25/h3-8,12-20,23,30H,9-11,21H2,1-2H3. The number of ether oxygens (including phenoxy) is 1. The van der Waals surface area contributed by atoms with E-state index in [2.05, 4.69) is 42.2 Å². The molecule has 5 nitrogen and oxygen atoms in total. The zero-order chi connectivity index (χ0) is 26.1. The molecule has 0 spiro atoms. The molecule has 1 amide bonds. The van der Waals surface area contributed by atoms with Crippen molar-refractivity contribution in [3.63, 3.8) is 0 Å². The Bertz CT molecular complexity index is 1560. The minimum atomic E-state index is -0.408. The molecule has 1 aliphatic carbocycles. The topological polar surface area (TPSA) is 55.3 Å². The average molecular weight is 502 g/mol. The van der Waals surface area contributed by atoms with E-state index in [1.165, 1.54) is 19.3 Å². The van der Waals surface area contributed by atoms with Crippen LogP contribution >= 0.6 is 0 Å². The van der Waals surface area contributed by atoms with Gasteiger partial charge in [0.25, 0.3) is 5.91 Å². The van der Waals surface area contributed by atoms with Crippen LogP contribution in [0.5, 0.6) is 5.75 Å². The van der Waals surface area contributed by atoms with E-state index in [-0.39, 0.29) is 5.91 Å². The van der Waals surface area contributed by atoms with Crippen molar-refractivity contribution >= 4 is 27.8 Å². The van der Waals surface area contributed by atoms with Crippen LogP contribution in [-0.4, -0.2) is 34.4 Å². The van der Waals surface area contributed by atoms with Crippen molar-refractivity contribution in [2.75, 3.05) is 13.6 Å².